The summed E-state index contributed by atoms with van der Waals surface area (Å²) < 4.78 is 44.3. The summed E-state index contributed by atoms with van der Waals surface area (Å²) in [5, 5.41) is 10.7. The van der Waals surface area contributed by atoms with Gasteiger partial charge in [-0.25, -0.2) is 9.67 Å². The van der Waals surface area contributed by atoms with Gasteiger partial charge in [0.1, 0.15) is 0 Å². The molecule has 11 heteroatoms. The Balaban J connectivity index is 1.81. The molecule has 8 nitrogen and oxygen atoms in total. The van der Waals surface area contributed by atoms with Crippen molar-refractivity contribution >= 4 is 5.91 Å². The Bertz CT molecular complexity index is 978. The van der Waals surface area contributed by atoms with Gasteiger partial charge in [0.05, 0.1) is 29.1 Å². The number of amides is 1. The number of hydrogen-bond acceptors (Lipinski definition) is 6. The van der Waals surface area contributed by atoms with Crippen molar-refractivity contribution in [1.82, 2.24) is 30.2 Å². The third-order valence-electron chi connectivity index (χ3n) is 4.12. The Kier molecular flexibility index (Phi) is 5.16. The lowest BCUT2D eigenvalue weighted by molar-refractivity contribution is -0.137. The lowest BCUT2D eigenvalue weighted by Crippen LogP contribution is -2.29. The molecule has 3 aromatic heterocycles. The summed E-state index contributed by atoms with van der Waals surface area (Å²) in [6.07, 6.45) is -1.88. The van der Waals surface area contributed by atoms with E-state index in [-0.39, 0.29) is 11.4 Å². The smallest absolute Gasteiger partial charge is 0.342 e. The van der Waals surface area contributed by atoms with E-state index in [4.69, 9.17) is 4.52 Å². The molecule has 0 saturated carbocycles. The highest BCUT2D eigenvalue weighted by Gasteiger charge is 2.31. The summed E-state index contributed by atoms with van der Waals surface area (Å²) in [4.78, 5) is 20.5. The van der Waals surface area contributed by atoms with Crippen molar-refractivity contribution in [2.75, 3.05) is 0 Å². The highest BCUT2D eigenvalue weighted by molar-refractivity contribution is 5.95. The van der Waals surface area contributed by atoms with Crippen molar-refractivity contribution < 1.29 is 22.5 Å². The average molecular weight is 394 g/mol. The van der Waals surface area contributed by atoms with Gasteiger partial charge in [0.25, 0.3) is 5.91 Å². The summed E-state index contributed by atoms with van der Waals surface area (Å²) in [7, 11) is 0. The molecule has 148 valence electrons. The second-order valence-electron chi connectivity index (χ2n) is 6.06. The molecule has 1 amide bonds. The van der Waals surface area contributed by atoms with Crippen LogP contribution in [0.5, 0.6) is 0 Å². The lowest BCUT2D eigenvalue weighted by atomic mass is 10.2. The Morgan fingerprint density at radius 3 is 2.57 bits per heavy atom. The zero-order valence-corrected chi connectivity index (χ0v) is 15.3. The molecule has 0 bridgehead atoms. The Morgan fingerprint density at radius 1 is 1.29 bits per heavy atom. The molecule has 0 aliphatic carbocycles. The first-order valence-corrected chi connectivity index (χ1v) is 8.40. The monoisotopic (exact) mass is 394 g/mol. The third-order valence-corrected chi connectivity index (χ3v) is 4.12. The van der Waals surface area contributed by atoms with Gasteiger partial charge >= 0.3 is 6.18 Å². The van der Waals surface area contributed by atoms with E-state index in [1.807, 2.05) is 6.92 Å². The first-order chi connectivity index (χ1) is 13.2. The highest BCUT2D eigenvalue weighted by atomic mass is 19.4. The Morgan fingerprint density at radius 2 is 2.04 bits per heavy atom. The highest BCUT2D eigenvalue weighted by Crippen LogP contribution is 2.28. The molecule has 0 saturated heterocycles. The first-order valence-electron chi connectivity index (χ1n) is 8.40. The summed E-state index contributed by atoms with van der Waals surface area (Å²) in [6.45, 7) is 5.13. The Labute approximate surface area is 157 Å². The van der Waals surface area contributed by atoms with Crippen molar-refractivity contribution in [2.24, 2.45) is 0 Å². The van der Waals surface area contributed by atoms with Crippen molar-refractivity contribution in [3.05, 3.63) is 53.1 Å². The maximum atomic E-state index is 12.7. The number of aryl methyl sites for hydroxylation is 1. The minimum atomic E-state index is -4.47. The fourth-order valence-electron chi connectivity index (χ4n) is 2.58. The minimum absolute atomic E-state index is 0.172. The van der Waals surface area contributed by atoms with Crippen LogP contribution in [0.3, 0.4) is 0 Å². The number of halogens is 3. The second-order valence-corrected chi connectivity index (χ2v) is 6.06. The molecule has 1 atom stereocenters. The predicted molar refractivity (Wildman–Crippen MR) is 90.6 cm³/mol. The van der Waals surface area contributed by atoms with Gasteiger partial charge < -0.3 is 9.84 Å². The van der Waals surface area contributed by atoms with Crippen LogP contribution in [0.1, 0.15) is 52.7 Å². The molecular weight excluding hydrogens is 377 g/mol. The van der Waals surface area contributed by atoms with E-state index in [9.17, 15) is 18.0 Å². The van der Waals surface area contributed by atoms with Crippen molar-refractivity contribution in [3.8, 4) is 5.82 Å². The molecule has 0 spiro atoms. The normalized spacial score (nSPS) is 12.8. The van der Waals surface area contributed by atoms with E-state index in [0.29, 0.717) is 23.8 Å². The fourth-order valence-corrected chi connectivity index (χ4v) is 2.58. The molecule has 1 N–H and O–H groups in total. The number of pyridine rings is 1. The van der Waals surface area contributed by atoms with Gasteiger partial charge in [-0.1, -0.05) is 12.1 Å². The van der Waals surface area contributed by atoms with Crippen LogP contribution in [0.25, 0.3) is 5.82 Å². The van der Waals surface area contributed by atoms with E-state index < -0.39 is 23.7 Å². The summed E-state index contributed by atoms with van der Waals surface area (Å²) in [6, 6.07) is 1.66. The quantitative estimate of drug-likeness (QED) is 0.714. The van der Waals surface area contributed by atoms with Gasteiger partial charge in [-0.2, -0.15) is 23.3 Å². The summed E-state index contributed by atoms with van der Waals surface area (Å²) >= 11 is 0. The molecular formula is C17H17F3N6O2. The zero-order valence-electron chi connectivity index (χ0n) is 15.3. The van der Waals surface area contributed by atoms with Crippen LogP contribution in [0, 0.1) is 13.8 Å². The molecule has 0 aliphatic heterocycles. The first kappa shape index (κ1) is 19.5. The maximum absolute atomic E-state index is 12.7. The average Bonchev–Trinajstić information content (AvgIpc) is 3.24. The molecule has 0 unspecified atom stereocenters. The van der Waals surface area contributed by atoms with Crippen LogP contribution in [0.15, 0.2) is 29.0 Å². The van der Waals surface area contributed by atoms with Gasteiger partial charge in [0.15, 0.2) is 11.6 Å². The van der Waals surface area contributed by atoms with E-state index in [0.717, 1.165) is 12.3 Å². The molecule has 3 heterocycles. The van der Waals surface area contributed by atoms with Crippen LogP contribution < -0.4 is 5.32 Å². The number of alkyl halides is 3. The predicted octanol–water partition coefficient (Wildman–Crippen LogP) is 3.17. The minimum Gasteiger partial charge on any atom is -0.342 e. The van der Waals surface area contributed by atoms with Crippen LogP contribution in [-0.2, 0) is 6.18 Å². The van der Waals surface area contributed by atoms with Crippen LogP contribution in [-0.4, -0.2) is 30.8 Å². The van der Waals surface area contributed by atoms with Crippen LogP contribution in [0.4, 0.5) is 13.2 Å². The number of carbonyl (C=O) groups is 1. The molecule has 28 heavy (non-hydrogen) atoms. The maximum Gasteiger partial charge on any atom is 0.417 e. The number of nitrogens with zero attached hydrogens (tertiary/aromatic N) is 5. The fraction of sp³-hybridized carbons (Fsp3) is 0.353. The van der Waals surface area contributed by atoms with E-state index >= 15 is 0 Å². The zero-order chi connectivity index (χ0) is 20.5. The standard InChI is InChI=1S/C17H17F3N6O2/c1-4-13(15-23-10(3)28-25-15)24-16(27)12-8-22-26(9(12)2)14-6-5-11(7-21-14)17(18,19)20/h5-8,13H,4H2,1-3H3,(H,24,27)/t13-/m1/s1. The third kappa shape index (κ3) is 3.87. The van der Waals surface area contributed by atoms with Gasteiger partial charge in [-0.3, -0.25) is 4.79 Å². The number of carbonyl (C=O) groups excluding carboxylic acids is 1. The molecule has 3 rings (SSSR count). The van der Waals surface area contributed by atoms with Crippen molar-refractivity contribution in [3.63, 3.8) is 0 Å². The van der Waals surface area contributed by atoms with Gasteiger partial charge in [0, 0.05) is 13.1 Å². The van der Waals surface area contributed by atoms with E-state index in [1.165, 1.54) is 16.9 Å². The van der Waals surface area contributed by atoms with Crippen LogP contribution >= 0.6 is 0 Å². The van der Waals surface area contributed by atoms with Gasteiger partial charge in [-0.05, 0) is 25.5 Å². The lowest BCUT2D eigenvalue weighted by Gasteiger charge is -2.13. The summed E-state index contributed by atoms with van der Waals surface area (Å²) in [5.41, 5.74) is -0.163. The Hall–Kier alpha value is -3.24. The second kappa shape index (κ2) is 7.41. The van der Waals surface area contributed by atoms with Crippen molar-refractivity contribution in [2.45, 2.75) is 39.4 Å². The van der Waals surface area contributed by atoms with E-state index in [2.05, 4.69) is 25.5 Å². The van der Waals surface area contributed by atoms with Crippen molar-refractivity contribution in [1.29, 1.82) is 0 Å². The SMILES string of the molecule is CC[C@@H](NC(=O)c1cnn(-c2ccc(C(F)(F)F)cn2)c1C)c1noc(C)n1. The molecule has 0 aromatic carbocycles. The molecule has 3 aromatic rings. The largest absolute Gasteiger partial charge is 0.417 e. The molecule has 0 radical (unpaired) electrons. The summed E-state index contributed by atoms with van der Waals surface area (Å²) in [5.74, 6) is 0.512. The number of aromatic nitrogens is 5. The van der Waals surface area contributed by atoms with Gasteiger partial charge in [-0.15, -0.1) is 0 Å². The van der Waals surface area contributed by atoms with Crippen LogP contribution in [0.2, 0.25) is 0 Å². The number of rotatable bonds is 5. The number of hydrogen-bond donors (Lipinski definition) is 1. The number of nitrogens with one attached hydrogen (secondary N) is 1. The van der Waals surface area contributed by atoms with Gasteiger partial charge in [0.2, 0.25) is 5.89 Å². The molecule has 0 aliphatic rings. The topological polar surface area (TPSA) is 98.7 Å². The molecule has 0 fully saturated rings. The van der Waals surface area contributed by atoms with E-state index in [1.54, 1.807) is 13.8 Å².